The molecule has 21 heavy (non-hydrogen) atoms. The minimum atomic E-state index is -3.75. The molecule has 1 heterocycles. The zero-order valence-electron chi connectivity index (χ0n) is 12.2. The standard InChI is InChI=1S/C12H18N2O6S/c1-5-19-12(16)8(2)13-11(15)9-6-7-10(20-9)21(17,18)14(3)4/h6-8H,5H2,1-4H3,(H,13,15). The van der Waals surface area contributed by atoms with Crippen molar-refractivity contribution in [1.29, 1.82) is 0 Å². The first-order chi connectivity index (χ1) is 9.70. The molecular weight excluding hydrogens is 300 g/mol. The van der Waals surface area contributed by atoms with Crippen LogP contribution in [0.5, 0.6) is 0 Å². The fourth-order valence-corrected chi connectivity index (χ4v) is 2.15. The van der Waals surface area contributed by atoms with E-state index >= 15 is 0 Å². The SMILES string of the molecule is CCOC(=O)C(C)NC(=O)c1ccc(S(=O)(=O)N(C)C)o1. The first kappa shape index (κ1) is 17.2. The zero-order valence-corrected chi connectivity index (χ0v) is 13.1. The van der Waals surface area contributed by atoms with E-state index in [-0.39, 0.29) is 17.5 Å². The van der Waals surface area contributed by atoms with E-state index < -0.39 is 27.9 Å². The Morgan fingerprint density at radius 2 is 2.00 bits per heavy atom. The summed E-state index contributed by atoms with van der Waals surface area (Å²) < 4.78 is 34.3. The Morgan fingerprint density at radius 3 is 2.52 bits per heavy atom. The Bertz CT molecular complexity index is 619. The van der Waals surface area contributed by atoms with Gasteiger partial charge in [0.05, 0.1) is 6.61 Å². The minimum absolute atomic E-state index is 0.199. The lowest BCUT2D eigenvalue weighted by atomic mass is 10.3. The highest BCUT2D eigenvalue weighted by Crippen LogP contribution is 2.16. The van der Waals surface area contributed by atoms with E-state index in [0.717, 1.165) is 4.31 Å². The van der Waals surface area contributed by atoms with E-state index in [1.54, 1.807) is 6.92 Å². The van der Waals surface area contributed by atoms with Gasteiger partial charge in [0.1, 0.15) is 6.04 Å². The molecule has 9 heteroatoms. The number of ether oxygens (including phenoxy) is 1. The Balaban J connectivity index is 2.82. The fourth-order valence-electron chi connectivity index (χ4n) is 1.35. The van der Waals surface area contributed by atoms with Crippen molar-refractivity contribution in [2.75, 3.05) is 20.7 Å². The lowest BCUT2D eigenvalue weighted by molar-refractivity contribution is -0.144. The summed E-state index contributed by atoms with van der Waals surface area (Å²) in [6.07, 6.45) is 0. The number of nitrogens with zero attached hydrogens (tertiary/aromatic N) is 1. The van der Waals surface area contributed by atoms with E-state index in [4.69, 9.17) is 9.15 Å². The van der Waals surface area contributed by atoms with Gasteiger partial charge in [0.25, 0.3) is 15.9 Å². The molecule has 1 atom stereocenters. The van der Waals surface area contributed by atoms with Gasteiger partial charge in [0, 0.05) is 14.1 Å². The van der Waals surface area contributed by atoms with E-state index in [0.29, 0.717) is 0 Å². The second-order valence-corrected chi connectivity index (χ2v) is 6.44. The summed E-state index contributed by atoms with van der Waals surface area (Å²) in [7, 11) is -1.05. The van der Waals surface area contributed by atoms with Crippen LogP contribution in [0.25, 0.3) is 0 Å². The number of carbonyl (C=O) groups is 2. The van der Waals surface area contributed by atoms with E-state index in [9.17, 15) is 18.0 Å². The van der Waals surface area contributed by atoms with Crippen LogP contribution in [0.2, 0.25) is 0 Å². The van der Waals surface area contributed by atoms with Crippen LogP contribution in [0, 0.1) is 0 Å². The van der Waals surface area contributed by atoms with Crippen LogP contribution in [0.1, 0.15) is 24.4 Å². The molecule has 0 aliphatic heterocycles. The van der Waals surface area contributed by atoms with Crippen molar-refractivity contribution in [2.24, 2.45) is 0 Å². The summed E-state index contributed by atoms with van der Waals surface area (Å²) in [5, 5.41) is 2.01. The summed E-state index contributed by atoms with van der Waals surface area (Å²) in [6, 6.07) is 1.54. The van der Waals surface area contributed by atoms with Crippen molar-refractivity contribution < 1.29 is 27.2 Å². The molecule has 1 aromatic heterocycles. The molecule has 8 nitrogen and oxygen atoms in total. The van der Waals surface area contributed by atoms with Gasteiger partial charge in [0.15, 0.2) is 5.76 Å². The van der Waals surface area contributed by atoms with Gasteiger partial charge in [0.2, 0.25) is 5.09 Å². The van der Waals surface area contributed by atoms with Crippen molar-refractivity contribution >= 4 is 21.9 Å². The maximum Gasteiger partial charge on any atom is 0.328 e. The van der Waals surface area contributed by atoms with Gasteiger partial charge in [-0.25, -0.2) is 17.5 Å². The van der Waals surface area contributed by atoms with E-state index in [1.165, 1.54) is 33.2 Å². The summed E-state index contributed by atoms with van der Waals surface area (Å²) in [6.45, 7) is 3.30. The molecule has 1 unspecified atom stereocenters. The molecule has 0 fully saturated rings. The maximum absolute atomic E-state index is 11.9. The molecule has 0 aliphatic rings. The van der Waals surface area contributed by atoms with Gasteiger partial charge >= 0.3 is 5.97 Å². The molecule has 0 saturated carbocycles. The second-order valence-electron chi connectivity index (χ2n) is 4.35. The summed E-state index contributed by atoms with van der Waals surface area (Å²) >= 11 is 0. The van der Waals surface area contributed by atoms with E-state index in [1.807, 2.05) is 0 Å². The average molecular weight is 318 g/mol. The summed E-state index contributed by atoms with van der Waals surface area (Å²) in [4.78, 5) is 23.2. The maximum atomic E-state index is 11.9. The number of furan rings is 1. The number of sulfonamides is 1. The molecule has 0 aliphatic carbocycles. The van der Waals surface area contributed by atoms with Gasteiger partial charge in [-0.2, -0.15) is 0 Å². The third-order valence-corrected chi connectivity index (χ3v) is 4.22. The molecule has 1 aromatic rings. The van der Waals surface area contributed by atoms with Crippen LogP contribution in [0.4, 0.5) is 0 Å². The third-order valence-electron chi connectivity index (χ3n) is 2.53. The Morgan fingerprint density at radius 1 is 1.38 bits per heavy atom. The number of carbonyl (C=O) groups excluding carboxylic acids is 2. The number of nitrogens with one attached hydrogen (secondary N) is 1. The fraction of sp³-hybridized carbons (Fsp3) is 0.500. The minimum Gasteiger partial charge on any atom is -0.464 e. The molecule has 1 amide bonds. The summed E-state index contributed by atoms with van der Waals surface area (Å²) in [5.41, 5.74) is 0. The summed E-state index contributed by atoms with van der Waals surface area (Å²) in [5.74, 6) is -1.49. The number of hydrogen-bond donors (Lipinski definition) is 1. The normalized spacial score (nSPS) is 13.0. The van der Waals surface area contributed by atoms with Crippen LogP contribution < -0.4 is 5.32 Å². The Kier molecular flexibility index (Phi) is 5.50. The number of hydrogen-bond acceptors (Lipinski definition) is 6. The van der Waals surface area contributed by atoms with Crippen LogP contribution >= 0.6 is 0 Å². The molecule has 1 N–H and O–H groups in total. The molecule has 1 rings (SSSR count). The third kappa shape index (κ3) is 4.05. The molecule has 0 saturated heterocycles. The van der Waals surface area contributed by atoms with Gasteiger partial charge in [-0.05, 0) is 26.0 Å². The van der Waals surface area contributed by atoms with Crippen molar-refractivity contribution in [3.05, 3.63) is 17.9 Å². The molecule has 0 radical (unpaired) electrons. The van der Waals surface area contributed by atoms with E-state index in [2.05, 4.69) is 5.32 Å². The largest absolute Gasteiger partial charge is 0.464 e. The second kappa shape index (κ2) is 6.72. The van der Waals surface area contributed by atoms with Crippen LogP contribution in [0.15, 0.2) is 21.6 Å². The first-order valence-electron chi connectivity index (χ1n) is 6.20. The molecular formula is C12H18N2O6S. The van der Waals surface area contributed by atoms with Crippen molar-refractivity contribution in [1.82, 2.24) is 9.62 Å². The lowest BCUT2D eigenvalue weighted by Gasteiger charge is -2.11. The topological polar surface area (TPSA) is 106 Å². The van der Waals surface area contributed by atoms with Crippen LogP contribution in [-0.2, 0) is 19.6 Å². The molecule has 118 valence electrons. The molecule has 0 spiro atoms. The quantitative estimate of drug-likeness (QED) is 0.752. The van der Waals surface area contributed by atoms with Crippen LogP contribution in [0.3, 0.4) is 0 Å². The predicted octanol–water partition coefficient (Wildman–Crippen LogP) is 0.211. The van der Waals surface area contributed by atoms with Crippen molar-refractivity contribution in [3.8, 4) is 0 Å². The van der Waals surface area contributed by atoms with Gasteiger partial charge < -0.3 is 14.5 Å². The van der Waals surface area contributed by atoms with Gasteiger partial charge in [-0.1, -0.05) is 0 Å². The highest BCUT2D eigenvalue weighted by molar-refractivity contribution is 7.88. The smallest absolute Gasteiger partial charge is 0.328 e. The number of amides is 1. The lowest BCUT2D eigenvalue weighted by Crippen LogP contribution is -2.39. The molecule has 0 aromatic carbocycles. The zero-order chi connectivity index (χ0) is 16.2. The average Bonchev–Trinajstić information content (AvgIpc) is 2.88. The molecule has 0 bridgehead atoms. The van der Waals surface area contributed by atoms with Gasteiger partial charge in [-0.3, -0.25) is 4.79 Å². The number of esters is 1. The monoisotopic (exact) mass is 318 g/mol. The first-order valence-corrected chi connectivity index (χ1v) is 7.64. The van der Waals surface area contributed by atoms with Gasteiger partial charge in [-0.15, -0.1) is 0 Å². The highest BCUT2D eigenvalue weighted by Gasteiger charge is 2.25. The Labute approximate surface area is 123 Å². The van der Waals surface area contributed by atoms with Crippen molar-refractivity contribution in [3.63, 3.8) is 0 Å². The highest BCUT2D eigenvalue weighted by atomic mass is 32.2. The Hall–Kier alpha value is -1.87. The van der Waals surface area contributed by atoms with Crippen molar-refractivity contribution in [2.45, 2.75) is 25.0 Å². The van der Waals surface area contributed by atoms with Crippen LogP contribution in [-0.4, -0.2) is 51.3 Å². The number of rotatable bonds is 6. The predicted molar refractivity (Wildman–Crippen MR) is 73.1 cm³/mol.